The van der Waals surface area contributed by atoms with E-state index in [-0.39, 0.29) is 11.4 Å². The summed E-state index contributed by atoms with van der Waals surface area (Å²) in [6, 6.07) is 4.28. The van der Waals surface area contributed by atoms with E-state index in [4.69, 9.17) is 0 Å². The van der Waals surface area contributed by atoms with Crippen LogP contribution in [-0.2, 0) is 13.1 Å². The molecule has 0 aromatic heterocycles. The van der Waals surface area contributed by atoms with Gasteiger partial charge in [-0.05, 0) is 55.2 Å². The molecular weight excluding hydrogens is 268 g/mol. The highest BCUT2D eigenvalue weighted by Crippen LogP contribution is 2.37. The first kappa shape index (κ1) is 14.0. The number of nitrogens with one attached hydrogen (secondary N) is 2. The van der Waals surface area contributed by atoms with E-state index in [1.165, 1.54) is 23.3 Å². The molecule has 1 aliphatic carbocycles. The maximum atomic E-state index is 11.9. The monoisotopic (exact) mass is 290 g/mol. The molecule has 0 bridgehead atoms. The quantitative estimate of drug-likeness (QED) is 0.838. The van der Waals surface area contributed by atoms with Gasteiger partial charge in [-0.1, -0.05) is 6.92 Å². The van der Waals surface area contributed by atoms with Crippen LogP contribution in [0.3, 0.4) is 0 Å². The summed E-state index contributed by atoms with van der Waals surface area (Å²) >= 11 is 1.72. The molecule has 108 valence electrons. The van der Waals surface area contributed by atoms with Gasteiger partial charge in [0.1, 0.15) is 0 Å². The van der Waals surface area contributed by atoms with Crippen LogP contribution in [0.4, 0.5) is 0 Å². The van der Waals surface area contributed by atoms with Gasteiger partial charge in [-0.15, -0.1) is 11.8 Å². The molecule has 1 aliphatic heterocycles. The third-order valence-electron chi connectivity index (χ3n) is 4.48. The zero-order chi connectivity index (χ0) is 14.3. The largest absolute Gasteiger partial charge is 0.348 e. The van der Waals surface area contributed by atoms with E-state index >= 15 is 0 Å². The van der Waals surface area contributed by atoms with Gasteiger partial charge in [0.25, 0.3) is 5.91 Å². The van der Waals surface area contributed by atoms with Crippen molar-refractivity contribution in [1.29, 1.82) is 0 Å². The molecule has 1 aromatic carbocycles. The number of hydrogen-bond acceptors (Lipinski definition) is 3. The van der Waals surface area contributed by atoms with Crippen LogP contribution in [0, 0.1) is 5.92 Å². The summed E-state index contributed by atoms with van der Waals surface area (Å²) in [4.78, 5) is 13.1. The van der Waals surface area contributed by atoms with Gasteiger partial charge < -0.3 is 10.6 Å². The fourth-order valence-corrected chi connectivity index (χ4v) is 4.27. The van der Waals surface area contributed by atoms with Crippen LogP contribution in [0.25, 0.3) is 0 Å². The topological polar surface area (TPSA) is 41.1 Å². The van der Waals surface area contributed by atoms with Crippen molar-refractivity contribution < 1.29 is 4.79 Å². The Morgan fingerprint density at radius 1 is 1.45 bits per heavy atom. The summed E-state index contributed by atoms with van der Waals surface area (Å²) in [5.41, 5.74) is 3.52. The summed E-state index contributed by atoms with van der Waals surface area (Å²) < 4.78 is 0. The molecule has 0 unspecified atom stereocenters. The lowest BCUT2D eigenvalue weighted by Gasteiger charge is -2.44. The van der Waals surface area contributed by atoms with Gasteiger partial charge in [0, 0.05) is 29.1 Å². The van der Waals surface area contributed by atoms with Crippen LogP contribution in [-0.4, -0.2) is 17.7 Å². The first-order valence-corrected chi connectivity index (χ1v) is 8.46. The Bertz CT molecular complexity index is 550. The van der Waals surface area contributed by atoms with Gasteiger partial charge in [0.05, 0.1) is 0 Å². The number of amides is 1. The average Bonchev–Trinajstić information content (AvgIpc) is 2.76. The molecule has 4 heteroatoms. The lowest BCUT2D eigenvalue weighted by atomic mass is 9.70. The fourth-order valence-electron chi connectivity index (χ4n) is 3.57. The Morgan fingerprint density at radius 3 is 2.85 bits per heavy atom. The minimum atomic E-state index is 0.0700. The van der Waals surface area contributed by atoms with Gasteiger partial charge in [-0.2, -0.15) is 0 Å². The molecule has 0 radical (unpaired) electrons. The van der Waals surface area contributed by atoms with E-state index in [0.29, 0.717) is 6.54 Å². The van der Waals surface area contributed by atoms with Crippen LogP contribution in [0.5, 0.6) is 0 Å². The Labute approximate surface area is 124 Å². The van der Waals surface area contributed by atoms with Gasteiger partial charge in [0.2, 0.25) is 0 Å². The lowest BCUT2D eigenvalue weighted by molar-refractivity contribution is 0.0965. The van der Waals surface area contributed by atoms with E-state index in [2.05, 4.69) is 42.9 Å². The minimum absolute atomic E-state index is 0.0700. The molecule has 20 heavy (non-hydrogen) atoms. The van der Waals surface area contributed by atoms with Gasteiger partial charge in [-0.3, -0.25) is 4.79 Å². The normalized spacial score (nSPS) is 27.9. The SMILES string of the molecule is CSc1cc(CNC2(C)CC(C)C2)cc2c1CNC2=O. The highest BCUT2D eigenvalue weighted by Gasteiger charge is 2.36. The Hall–Kier alpha value is -1.00. The van der Waals surface area contributed by atoms with Crippen molar-refractivity contribution in [3.8, 4) is 0 Å². The van der Waals surface area contributed by atoms with Gasteiger partial charge >= 0.3 is 0 Å². The molecule has 2 aliphatic rings. The van der Waals surface area contributed by atoms with E-state index < -0.39 is 0 Å². The second-order valence-corrected chi connectivity index (χ2v) is 7.28. The number of thioether (sulfide) groups is 1. The fraction of sp³-hybridized carbons (Fsp3) is 0.562. The summed E-state index contributed by atoms with van der Waals surface area (Å²) in [5, 5.41) is 6.57. The molecule has 1 fully saturated rings. The second kappa shape index (κ2) is 5.08. The zero-order valence-electron chi connectivity index (χ0n) is 12.4. The molecule has 3 rings (SSSR count). The summed E-state index contributed by atoms with van der Waals surface area (Å²) in [6.07, 6.45) is 4.56. The van der Waals surface area contributed by atoms with Crippen LogP contribution in [0.1, 0.15) is 48.2 Å². The molecule has 1 heterocycles. The van der Waals surface area contributed by atoms with Crippen molar-refractivity contribution >= 4 is 17.7 Å². The highest BCUT2D eigenvalue weighted by molar-refractivity contribution is 7.98. The first-order valence-electron chi connectivity index (χ1n) is 7.24. The standard InChI is InChI=1S/C16H22N2OS/c1-10-6-16(2,7-10)18-8-11-4-12-13(9-17-15(12)19)14(5-11)20-3/h4-5,10,18H,6-9H2,1-3H3,(H,17,19). The van der Waals surface area contributed by atoms with Crippen molar-refractivity contribution in [2.75, 3.05) is 6.26 Å². The van der Waals surface area contributed by atoms with E-state index in [1.807, 2.05) is 0 Å². The Balaban J connectivity index is 1.77. The Morgan fingerprint density at radius 2 is 2.20 bits per heavy atom. The van der Waals surface area contributed by atoms with Crippen LogP contribution < -0.4 is 10.6 Å². The summed E-state index contributed by atoms with van der Waals surface area (Å²) in [6.45, 7) is 6.11. The maximum absolute atomic E-state index is 11.9. The number of fused-ring (bicyclic) bond motifs is 1. The van der Waals surface area contributed by atoms with Crippen LogP contribution in [0.2, 0.25) is 0 Å². The van der Waals surface area contributed by atoms with E-state index in [0.717, 1.165) is 23.6 Å². The third kappa shape index (κ3) is 2.47. The Kier molecular flexibility index (Phi) is 3.55. The molecular formula is C16H22N2OS. The molecule has 2 N–H and O–H groups in total. The van der Waals surface area contributed by atoms with E-state index in [9.17, 15) is 4.79 Å². The molecule has 0 atom stereocenters. The van der Waals surface area contributed by atoms with Gasteiger partial charge in [0.15, 0.2) is 0 Å². The van der Waals surface area contributed by atoms with Gasteiger partial charge in [-0.25, -0.2) is 0 Å². The summed E-state index contributed by atoms with van der Waals surface area (Å²) in [7, 11) is 0. The number of rotatable bonds is 4. The second-order valence-electron chi connectivity index (χ2n) is 6.43. The smallest absolute Gasteiger partial charge is 0.251 e. The zero-order valence-corrected chi connectivity index (χ0v) is 13.2. The number of carbonyl (C=O) groups is 1. The molecule has 0 spiro atoms. The highest BCUT2D eigenvalue weighted by atomic mass is 32.2. The molecule has 1 aromatic rings. The van der Waals surface area contributed by atoms with Crippen molar-refractivity contribution in [2.45, 2.75) is 50.2 Å². The summed E-state index contributed by atoms with van der Waals surface area (Å²) in [5.74, 6) is 0.903. The number of benzene rings is 1. The number of carbonyl (C=O) groups excluding carboxylic acids is 1. The third-order valence-corrected chi connectivity index (χ3v) is 5.28. The van der Waals surface area contributed by atoms with Crippen molar-refractivity contribution in [3.05, 3.63) is 28.8 Å². The molecule has 1 saturated carbocycles. The average molecular weight is 290 g/mol. The molecule has 1 amide bonds. The number of hydrogen-bond donors (Lipinski definition) is 2. The minimum Gasteiger partial charge on any atom is -0.348 e. The predicted octanol–water partition coefficient (Wildman–Crippen LogP) is 2.93. The van der Waals surface area contributed by atoms with Crippen LogP contribution in [0.15, 0.2) is 17.0 Å². The maximum Gasteiger partial charge on any atom is 0.251 e. The van der Waals surface area contributed by atoms with E-state index in [1.54, 1.807) is 11.8 Å². The first-order chi connectivity index (χ1) is 9.50. The molecule has 3 nitrogen and oxygen atoms in total. The van der Waals surface area contributed by atoms with Crippen molar-refractivity contribution in [1.82, 2.24) is 10.6 Å². The van der Waals surface area contributed by atoms with Crippen LogP contribution >= 0.6 is 11.8 Å². The molecule has 0 saturated heterocycles. The lowest BCUT2D eigenvalue weighted by Crippen LogP contribution is -2.51. The van der Waals surface area contributed by atoms with Crippen molar-refractivity contribution in [2.24, 2.45) is 5.92 Å². The predicted molar refractivity (Wildman–Crippen MR) is 83.0 cm³/mol. The van der Waals surface area contributed by atoms with Crippen molar-refractivity contribution in [3.63, 3.8) is 0 Å².